The fourth-order valence-corrected chi connectivity index (χ4v) is 2.68. The Hall–Kier alpha value is -1.10. The Bertz CT molecular complexity index is 407. The first-order chi connectivity index (χ1) is 9.65. The number of ether oxygens (including phenoxy) is 2. The maximum atomic E-state index is 5.79. The molecule has 20 heavy (non-hydrogen) atoms. The van der Waals surface area contributed by atoms with Gasteiger partial charge in [0.2, 0.25) is 0 Å². The summed E-state index contributed by atoms with van der Waals surface area (Å²) in [5, 5.41) is 0. The van der Waals surface area contributed by atoms with E-state index in [1.807, 2.05) is 24.3 Å². The summed E-state index contributed by atoms with van der Waals surface area (Å²) in [7, 11) is 1.80. The van der Waals surface area contributed by atoms with Gasteiger partial charge in [-0.3, -0.25) is 4.90 Å². The van der Waals surface area contributed by atoms with E-state index in [0.717, 1.165) is 37.4 Å². The van der Waals surface area contributed by atoms with Crippen molar-refractivity contribution in [2.45, 2.75) is 31.9 Å². The fourth-order valence-electron chi connectivity index (χ4n) is 2.68. The van der Waals surface area contributed by atoms with Crippen molar-refractivity contribution in [2.24, 2.45) is 5.73 Å². The van der Waals surface area contributed by atoms with Gasteiger partial charge in [-0.25, -0.2) is 0 Å². The molecule has 0 amide bonds. The molecule has 1 unspecified atom stereocenters. The smallest absolute Gasteiger partial charge is 0.119 e. The Morgan fingerprint density at radius 3 is 2.70 bits per heavy atom. The fraction of sp³-hybridized carbons (Fsp3) is 0.625. The van der Waals surface area contributed by atoms with Crippen molar-refractivity contribution in [2.75, 3.05) is 33.4 Å². The van der Waals surface area contributed by atoms with Gasteiger partial charge in [0, 0.05) is 26.7 Å². The molecule has 0 spiro atoms. The van der Waals surface area contributed by atoms with Crippen LogP contribution >= 0.6 is 0 Å². The standard InChI is InChI=1S/C16H26N2O2/c1-16(19-2)8-3-9-18(13-16)10-11-20-15-6-4-14(12-17)5-7-15/h4-7H,3,8-13,17H2,1-2H3. The number of piperidine rings is 1. The lowest BCUT2D eigenvalue weighted by Gasteiger charge is -2.39. The van der Waals surface area contributed by atoms with Gasteiger partial charge in [0.25, 0.3) is 0 Å². The molecule has 2 rings (SSSR count). The molecule has 0 aliphatic carbocycles. The van der Waals surface area contributed by atoms with E-state index in [2.05, 4.69) is 11.8 Å². The van der Waals surface area contributed by atoms with Crippen molar-refractivity contribution in [3.05, 3.63) is 29.8 Å². The summed E-state index contributed by atoms with van der Waals surface area (Å²) < 4.78 is 11.4. The van der Waals surface area contributed by atoms with Gasteiger partial charge >= 0.3 is 0 Å². The van der Waals surface area contributed by atoms with E-state index in [1.165, 1.54) is 6.42 Å². The van der Waals surface area contributed by atoms with Crippen LogP contribution in [0.3, 0.4) is 0 Å². The van der Waals surface area contributed by atoms with Crippen molar-refractivity contribution in [1.29, 1.82) is 0 Å². The van der Waals surface area contributed by atoms with Crippen molar-refractivity contribution in [3.8, 4) is 5.75 Å². The molecule has 4 heteroatoms. The zero-order valence-corrected chi connectivity index (χ0v) is 12.6. The van der Waals surface area contributed by atoms with Gasteiger partial charge in [-0.05, 0) is 44.0 Å². The first-order valence-corrected chi connectivity index (χ1v) is 7.34. The van der Waals surface area contributed by atoms with Crippen LogP contribution in [0.15, 0.2) is 24.3 Å². The Morgan fingerprint density at radius 1 is 1.30 bits per heavy atom. The van der Waals surface area contributed by atoms with Gasteiger partial charge in [-0.2, -0.15) is 0 Å². The average molecular weight is 278 g/mol. The minimum Gasteiger partial charge on any atom is -0.492 e. The second-order valence-corrected chi connectivity index (χ2v) is 5.73. The van der Waals surface area contributed by atoms with Gasteiger partial charge in [-0.1, -0.05) is 12.1 Å². The van der Waals surface area contributed by atoms with Crippen LogP contribution in [0, 0.1) is 0 Å². The molecule has 4 nitrogen and oxygen atoms in total. The summed E-state index contributed by atoms with van der Waals surface area (Å²) in [4.78, 5) is 2.42. The maximum absolute atomic E-state index is 5.79. The van der Waals surface area contributed by atoms with Gasteiger partial charge in [-0.15, -0.1) is 0 Å². The lowest BCUT2D eigenvalue weighted by Crippen LogP contribution is -2.48. The third kappa shape index (κ3) is 4.20. The minimum absolute atomic E-state index is 0.00102. The lowest BCUT2D eigenvalue weighted by molar-refractivity contribution is -0.0524. The molecule has 0 radical (unpaired) electrons. The first-order valence-electron chi connectivity index (χ1n) is 7.34. The van der Waals surface area contributed by atoms with E-state index < -0.39 is 0 Å². The van der Waals surface area contributed by atoms with E-state index in [9.17, 15) is 0 Å². The lowest BCUT2D eigenvalue weighted by atomic mass is 9.95. The Labute approximate surface area is 121 Å². The number of benzene rings is 1. The van der Waals surface area contributed by atoms with Crippen LogP contribution in [0.2, 0.25) is 0 Å². The third-order valence-electron chi connectivity index (χ3n) is 4.07. The van der Waals surface area contributed by atoms with E-state index >= 15 is 0 Å². The molecule has 0 saturated carbocycles. The molecule has 1 heterocycles. The molecule has 1 aliphatic rings. The molecule has 1 saturated heterocycles. The topological polar surface area (TPSA) is 47.7 Å². The van der Waals surface area contributed by atoms with Crippen LogP contribution in [0.1, 0.15) is 25.3 Å². The number of methoxy groups -OCH3 is 1. The molecule has 0 bridgehead atoms. The third-order valence-corrected chi connectivity index (χ3v) is 4.07. The molecule has 0 aromatic heterocycles. The summed E-state index contributed by atoms with van der Waals surface area (Å²) in [5.41, 5.74) is 6.71. The van der Waals surface area contributed by atoms with Crippen LogP contribution in [-0.4, -0.2) is 43.9 Å². The van der Waals surface area contributed by atoms with E-state index in [4.69, 9.17) is 15.2 Å². The normalized spacial score (nSPS) is 23.8. The Morgan fingerprint density at radius 2 is 2.05 bits per heavy atom. The molecule has 1 aliphatic heterocycles. The molecule has 1 aromatic rings. The zero-order valence-electron chi connectivity index (χ0n) is 12.6. The number of nitrogens with two attached hydrogens (primary N) is 1. The predicted molar refractivity (Wildman–Crippen MR) is 80.9 cm³/mol. The molecular weight excluding hydrogens is 252 g/mol. The van der Waals surface area contributed by atoms with Crippen LogP contribution in [0.25, 0.3) is 0 Å². The van der Waals surface area contributed by atoms with Crippen molar-refractivity contribution in [3.63, 3.8) is 0 Å². The number of nitrogens with zero attached hydrogens (tertiary/aromatic N) is 1. The highest BCUT2D eigenvalue weighted by Gasteiger charge is 2.30. The van der Waals surface area contributed by atoms with Crippen LogP contribution < -0.4 is 10.5 Å². The highest BCUT2D eigenvalue weighted by atomic mass is 16.5. The molecule has 2 N–H and O–H groups in total. The van der Waals surface area contributed by atoms with E-state index in [-0.39, 0.29) is 5.60 Å². The number of hydrogen-bond donors (Lipinski definition) is 1. The van der Waals surface area contributed by atoms with Crippen molar-refractivity contribution >= 4 is 0 Å². The summed E-state index contributed by atoms with van der Waals surface area (Å²) in [6.45, 7) is 6.53. The Balaban J connectivity index is 1.75. The molecule has 1 atom stereocenters. The SMILES string of the molecule is COC1(C)CCCN(CCOc2ccc(CN)cc2)C1. The number of rotatable bonds is 6. The van der Waals surface area contributed by atoms with Gasteiger partial charge in [0.1, 0.15) is 12.4 Å². The van der Waals surface area contributed by atoms with Gasteiger partial charge in [0.15, 0.2) is 0 Å². The number of likely N-dealkylation sites (tertiary alicyclic amines) is 1. The quantitative estimate of drug-likeness (QED) is 0.865. The highest BCUT2D eigenvalue weighted by Crippen LogP contribution is 2.23. The highest BCUT2D eigenvalue weighted by molar-refractivity contribution is 5.27. The van der Waals surface area contributed by atoms with Gasteiger partial charge < -0.3 is 15.2 Å². The van der Waals surface area contributed by atoms with Crippen LogP contribution in [-0.2, 0) is 11.3 Å². The summed E-state index contributed by atoms with van der Waals surface area (Å²) in [6, 6.07) is 7.99. The first kappa shape index (κ1) is 15.3. The van der Waals surface area contributed by atoms with E-state index in [1.54, 1.807) is 7.11 Å². The number of hydrogen-bond acceptors (Lipinski definition) is 4. The predicted octanol–water partition coefficient (Wildman–Crippen LogP) is 2.02. The molecule has 1 aromatic carbocycles. The van der Waals surface area contributed by atoms with Crippen molar-refractivity contribution in [1.82, 2.24) is 4.90 Å². The van der Waals surface area contributed by atoms with Crippen LogP contribution in [0.5, 0.6) is 5.75 Å². The average Bonchev–Trinajstić information content (AvgIpc) is 2.48. The largest absolute Gasteiger partial charge is 0.492 e. The summed E-state index contributed by atoms with van der Waals surface area (Å²) >= 11 is 0. The zero-order chi connectivity index (χ0) is 14.4. The second kappa shape index (κ2) is 7.07. The Kier molecular flexibility index (Phi) is 5.40. The van der Waals surface area contributed by atoms with Gasteiger partial charge in [0.05, 0.1) is 5.60 Å². The monoisotopic (exact) mass is 278 g/mol. The van der Waals surface area contributed by atoms with Crippen LogP contribution in [0.4, 0.5) is 0 Å². The molecule has 1 fully saturated rings. The summed E-state index contributed by atoms with van der Waals surface area (Å²) in [6.07, 6.45) is 2.33. The minimum atomic E-state index is 0.00102. The molecular formula is C16H26N2O2. The summed E-state index contributed by atoms with van der Waals surface area (Å²) in [5.74, 6) is 0.911. The second-order valence-electron chi connectivity index (χ2n) is 5.73. The van der Waals surface area contributed by atoms with E-state index in [0.29, 0.717) is 13.2 Å². The maximum Gasteiger partial charge on any atom is 0.119 e. The molecule has 112 valence electrons. The van der Waals surface area contributed by atoms with Crippen molar-refractivity contribution < 1.29 is 9.47 Å².